The van der Waals surface area contributed by atoms with Crippen molar-refractivity contribution < 1.29 is 19.7 Å². The van der Waals surface area contributed by atoms with Gasteiger partial charge >= 0.3 is 5.97 Å². The largest absolute Gasteiger partial charge is 0.460 e. The van der Waals surface area contributed by atoms with E-state index in [4.69, 9.17) is 10.2 Å². The summed E-state index contributed by atoms with van der Waals surface area (Å²) < 4.78 is 4.38. The van der Waals surface area contributed by atoms with Gasteiger partial charge in [-0.1, -0.05) is 45.6 Å². The molecule has 0 aromatic carbocycles. The standard InChI is InChI=1S/C6H10O4.C6H16Si/c1-2-6(9)10-4-5(8)3-7;1-5-6-7(2,3)4/h2,5,7-8H,1,3-4H2;5-6H2,1-4H3. The molecule has 0 fully saturated rings. The summed E-state index contributed by atoms with van der Waals surface area (Å²) in [7, 11) is -0.657. The van der Waals surface area contributed by atoms with E-state index in [1.54, 1.807) is 0 Å². The van der Waals surface area contributed by atoms with Gasteiger partial charge in [-0.3, -0.25) is 0 Å². The summed E-state index contributed by atoms with van der Waals surface area (Å²) in [6.45, 7) is 12.0. The SMILES string of the molecule is C=CC(=O)OCC(O)CO.CCC[Si](C)(C)C. The van der Waals surface area contributed by atoms with Gasteiger partial charge in [-0.15, -0.1) is 0 Å². The third kappa shape index (κ3) is 17.9. The van der Waals surface area contributed by atoms with Gasteiger partial charge in [-0.25, -0.2) is 4.79 Å². The summed E-state index contributed by atoms with van der Waals surface area (Å²) in [5.74, 6) is -0.604. The van der Waals surface area contributed by atoms with Crippen molar-refractivity contribution in [2.75, 3.05) is 13.2 Å². The molecule has 0 radical (unpaired) electrons. The molecule has 0 saturated carbocycles. The Morgan fingerprint density at radius 3 is 2.24 bits per heavy atom. The average molecular weight is 262 g/mol. The second-order valence-corrected chi connectivity index (χ2v) is 10.6. The Labute approximate surface area is 105 Å². The molecule has 0 aromatic rings. The average Bonchev–Trinajstić information content (AvgIpc) is 2.24. The van der Waals surface area contributed by atoms with Crippen LogP contribution in [0.15, 0.2) is 12.7 Å². The lowest BCUT2D eigenvalue weighted by Gasteiger charge is -2.12. The Balaban J connectivity index is 0. The zero-order valence-corrected chi connectivity index (χ0v) is 12.4. The highest BCUT2D eigenvalue weighted by molar-refractivity contribution is 6.76. The first-order chi connectivity index (χ1) is 7.76. The first-order valence-corrected chi connectivity index (χ1v) is 9.55. The maximum absolute atomic E-state index is 10.3. The highest BCUT2D eigenvalue weighted by Crippen LogP contribution is 2.09. The molecule has 1 unspecified atom stereocenters. The number of carbonyl (C=O) groups is 1. The molecule has 0 aliphatic carbocycles. The summed E-state index contributed by atoms with van der Waals surface area (Å²) >= 11 is 0. The van der Waals surface area contributed by atoms with E-state index in [0.29, 0.717) is 0 Å². The van der Waals surface area contributed by atoms with Crippen LogP contribution in [0.4, 0.5) is 0 Å². The monoisotopic (exact) mass is 262 g/mol. The fourth-order valence-electron chi connectivity index (χ4n) is 1.04. The summed E-state index contributed by atoms with van der Waals surface area (Å²) in [6, 6.07) is 1.48. The third-order valence-corrected chi connectivity index (χ3v) is 3.80. The number of aliphatic hydroxyl groups excluding tert-OH is 2. The van der Waals surface area contributed by atoms with Gasteiger partial charge in [0.05, 0.1) is 6.61 Å². The van der Waals surface area contributed by atoms with Crippen molar-refractivity contribution in [3.05, 3.63) is 12.7 Å². The van der Waals surface area contributed by atoms with Gasteiger partial charge in [-0.05, 0) is 0 Å². The van der Waals surface area contributed by atoms with Gasteiger partial charge in [0.25, 0.3) is 0 Å². The lowest BCUT2D eigenvalue weighted by molar-refractivity contribution is -0.141. The van der Waals surface area contributed by atoms with Gasteiger partial charge in [0.1, 0.15) is 12.7 Å². The molecule has 5 heteroatoms. The van der Waals surface area contributed by atoms with Gasteiger partial charge in [-0.2, -0.15) is 0 Å². The van der Waals surface area contributed by atoms with E-state index in [1.807, 2.05) is 0 Å². The minimum absolute atomic E-state index is 0.193. The van der Waals surface area contributed by atoms with Crippen LogP contribution in [0.25, 0.3) is 0 Å². The van der Waals surface area contributed by atoms with Gasteiger partial charge < -0.3 is 14.9 Å². The van der Waals surface area contributed by atoms with Crippen molar-refractivity contribution in [3.8, 4) is 0 Å². The minimum Gasteiger partial charge on any atom is -0.460 e. The zero-order valence-electron chi connectivity index (χ0n) is 11.4. The van der Waals surface area contributed by atoms with E-state index in [-0.39, 0.29) is 6.61 Å². The Kier molecular flexibility index (Phi) is 11.6. The molecule has 0 heterocycles. The number of carbonyl (C=O) groups excluding carboxylic acids is 1. The third-order valence-electron chi connectivity index (χ3n) is 1.80. The van der Waals surface area contributed by atoms with Crippen LogP contribution in [0, 0.1) is 0 Å². The van der Waals surface area contributed by atoms with Gasteiger partial charge in [0.2, 0.25) is 0 Å². The molecule has 0 aromatic heterocycles. The Morgan fingerprint density at radius 1 is 1.47 bits per heavy atom. The molecular formula is C12H26O4Si. The summed E-state index contributed by atoms with van der Waals surface area (Å²) in [5.41, 5.74) is 0. The van der Waals surface area contributed by atoms with Crippen molar-refractivity contribution >= 4 is 14.0 Å². The highest BCUT2D eigenvalue weighted by Gasteiger charge is 2.09. The van der Waals surface area contributed by atoms with Gasteiger partial charge in [0.15, 0.2) is 0 Å². The van der Waals surface area contributed by atoms with Crippen molar-refractivity contribution in [3.63, 3.8) is 0 Å². The topological polar surface area (TPSA) is 66.8 Å². The number of esters is 1. The molecule has 0 amide bonds. The predicted molar refractivity (Wildman–Crippen MR) is 72.7 cm³/mol. The van der Waals surface area contributed by atoms with Crippen LogP contribution in [0.5, 0.6) is 0 Å². The Hall–Kier alpha value is -0.653. The molecule has 4 nitrogen and oxygen atoms in total. The second kappa shape index (κ2) is 10.5. The summed E-state index contributed by atoms with van der Waals surface area (Å²) in [4.78, 5) is 10.3. The first-order valence-electron chi connectivity index (χ1n) is 5.85. The fraction of sp³-hybridized carbons (Fsp3) is 0.750. The Morgan fingerprint density at radius 2 is 2.00 bits per heavy atom. The maximum atomic E-state index is 10.3. The van der Waals surface area contributed by atoms with Crippen molar-refractivity contribution in [2.45, 2.75) is 45.1 Å². The van der Waals surface area contributed by atoms with Gasteiger partial charge in [0, 0.05) is 14.1 Å². The van der Waals surface area contributed by atoms with Crippen LogP contribution >= 0.6 is 0 Å². The summed E-state index contributed by atoms with van der Waals surface area (Å²) in [6.07, 6.45) is 1.36. The van der Waals surface area contributed by atoms with Crippen LogP contribution in [0.2, 0.25) is 25.7 Å². The molecular weight excluding hydrogens is 236 g/mol. The maximum Gasteiger partial charge on any atom is 0.330 e. The quantitative estimate of drug-likeness (QED) is 0.435. The minimum atomic E-state index is -0.996. The van der Waals surface area contributed by atoms with E-state index < -0.39 is 26.8 Å². The van der Waals surface area contributed by atoms with E-state index >= 15 is 0 Å². The predicted octanol–water partition coefficient (Wildman–Crippen LogP) is 1.80. The van der Waals surface area contributed by atoms with Crippen LogP contribution in [-0.2, 0) is 9.53 Å². The molecule has 0 spiro atoms. The van der Waals surface area contributed by atoms with E-state index in [9.17, 15) is 4.79 Å². The van der Waals surface area contributed by atoms with Crippen LogP contribution < -0.4 is 0 Å². The van der Waals surface area contributed by atoms with Crippen molar-refractivity contribution in [2.24, 2.45) is 0 Å². The first kappa shape index (κ1) is 18.7. The lowest BCUT2D eigenvalue weighted by Crippen LogP contribution is -2.21. The molecule has 0 bridgehead atoms. The van der Waals surface area contributed by atoms with E-state index in [1.165, 1.54) is 12.5 Å². The second-order valence-electron chi connectivity index (χ2n) is 4.98. The molecule has 0 saturated heterocycles. The van der Waals surface area contributed by atoms with E-state index in [0.717, 1.165) is 6.08 Å². The zero-order chi connectivity index (χ0) is 13.9. The fourth-order valence-corrected chi connectivity index (χ4v) is 2.54. The molecule has 1 atom stereocenters. The normalized spacial score (nSPS) is 12.1. The summed E-state index contributed by atoms with van der Waals surface area (Å²) in [5, 5.41) is 16.9. The number of rotatable bonds is 6. The molecule has 0 aliphatic rings. The molecule has 2 N–H and O–H groups in total. The number of hydrogen-bond donors (Lipinski definition) is 2. The molecule has 17 heavy (non-hydrogen) atoms. The van der Waals surface area contributed by atoms with Crippen molar-refractivity contribution in [1.29, 1.82) is 0 Å². The molecule has 102 valence electrons. The lowest BCUT2D eigenvalue weighted by atomic mass is 10.4. The Bertz CT molecular complexity index is 211. The molecule has 0 aliphatic heterocycles. The van der Waals surface area contributed by atoms with Crippen molar-refractivity contribution in [1.82, 2.24) is 0 Å². The number of ether oxygens (including phenoxy) is 1. The number of hydrogen-bond acceptors (Lipinski definition) is 4. The van der Waals surface area contributed by atoms with Crippen LogP contribution in [0.1, 0.15) is 13.3 Å². The smallest absolute Gasteiger partial charge is 0.330 e. The number of aliphatic hydroxyl groups is 2. The highest BCUT2D eigenvalue weighted by atomic mass is 28.3. The van der Waals surface area contributed by atoms with Crippen LogP contribution in [0.3, 0.4) is 0 Å². The molecule has 0 rings (SSSR count). The van der Waals surface area contributed by atoms with E-state index in [2.05, 4.69) is 37.9 Å². The van der Waals surface area contributed by atoms with Crippen LogP contribution in [-0.4, -0.2) is 43.6 Å².